The van der Waals surface area contributed by atoms with Gasteiger partial charge in [0, 0.05) is 0 Å². The average Bonchev–Trinajstić information content (AvgIpc) is 2.69. The molecule has 5 heteroatoms. The van der Waals surface area contributed by atoms with Crippen LogP contribution in [0.4, 0.5) is 0 Å². The maximum Gasteiger partial charge on any atom is 0.291 e. The zero-order valence-electron chi connectivity index (χ0n) is 7.30. The molecule has 1 amide bonds. The van der Waals surface area contributed by atoms with Gasteiger partial charge in [0.05, 0.1) is 18.4 Å². The second-order valence-electron chi connectivity index (χ2n) is 2.45. The molecule has 0 fully saturated rings. The zero-order chi connectivity index (χ0) is 10.4. The van der Waals surface area contributed by atoms with E-state index in [4.69, 9.17) is 14.9 Å². The Hall–Kier alpha value is -2.27. The van der Waals surface area contributed by atoms with Crippen LogP contribution in [0.1, 0.15) is 10.6 Å². The Balaban J connectivity index is 2.76. The molecule has 1 heterocycles. The van der Waals surface area contributed by atoms with Gasteiger partial charge in [0.25, 0.3) is 5.91 Å². The molecule has 1 aromatic heterocycles. The molecule has 0 aliphatic rings. The third-order valence-corrected chi connectivity index (χ3v) is 1.54. The van der Waals surface area contributed by atoms with E-state index in [2.05, 4.69) is 0 Å². The third-order valence-electron chi connectivity index (χ3n) is 1.54. The fraction of sp³-hybridized carbons (Fsp3) is 0.222. The number of rotatable bonds is 3. The van der Waals surface area contributed by atoms with Crippen molar-refractivity contribution in [1.29, 1.82) is 10.5 Å². The van der Waals surface area contributed by atoms with Crippen molar-refractivity contribution >= 4 is 5.91 Å². The van der Waals surface area contributed by atoms with Crippen LogP contribution in [0.3, 0.4) is 0 Å². The van der Waals surface area contributed by atoms with Crippen molar-refractivity contribution in [3.05, 3.63) is 24.2 Å². The van der Waals surface area contributed by atoms with Crippen molar-refractivity contribution in [2.45, 2.75) is 0 Å². The highest BCUT2D eigenvalue weighted by Gasteiger charge is 2.16. The molecule has 0 atom stereocenters. The van der Waals surface area contributed by atoms with E-state index in [1.165, 1.54) is 12.3 Å². The number of amides is 1. The lowest BCUT2D eigenvalue weighted by Crippen LogP contribution is -2.31. The second kappa shape index (κ2) is 4.68. The van der Waals surface area contributed by atoms with Gasteiger partial charge in [-0.05, 0) is 12.1 Å². The molecule has 0 saturated heterocycles. The van der Waals surface area contributed by atoms with E-state index in [0.717, 1.165) is 4.90 Å². The van der Waals surface area contributed by atoms with E-state index in [1.807, 2.05) is 12.1 Å². The highest BCUT2D eigenvalue weighted by Crippen LogP contribution is 2.04. The van der Waals surface area contributed by atoms with E-state index in [0.29, 0.717) is 0 Å². The first-order valence-electron chi connectivity index (χ1n) is 3.86. The molecule has 0 N–H and O–H groups in total. The van der Waals surface area contributed by atoms with Crippen molar-refractivity contribution in [3.63, 3.8) is 0 Å². The first-order valence-corrected chi connectivity index (χ1v) is 3.86. The summed E-state index contributed by atoms with van der Waals surface area (Å²) in [6, 6.07) is 6.68. The van der Waals surface area contributed by atoms with Crippen LogP contribution in [-0.4, -0.2) is 23.9 Å². The number of furan rings is 1. The van der Waals surface area contributed by atoms with Crippen molar-refractivity contribution in [3.8, 4) is 12.1 Å². The van der Waals surface area contributed by atoms with E-state index in [1.54, 1.807) is 6.07 Å². The van der Waals surface area contributed by atoms with Gasteiger partial charge in [-0.25, -0.2) is 0 Å². The Labute approximate surface area is 80.8 Å². The number of nitriles is 2. The predicted molar refractivity (Wildman–Crippen MR) is 45.8 cm³/mol. The third kappa shape index (κ3) is 2.11. The fourth-order valence-electron chi connectivity index (χ4n) is 0.926. The molecule has 70 valence electrons. The average molecular weight is 189 g/mol. The van der Waals surface area contributed by atoms with Crippen molar-refractivity contribution < 1.29 is 9.21 Å². The van der Waals surface area contributed by atoms with Gasteiger partial charge in [-0.1, -0.05) is 0 Å². The van der Waals surface area contributed by atoms with Crippen LogP contribution in [0.5, 0.6) is 0 Å². The summed E-state index contributed by atoms with van der Waals surface area (Å²) in [6.07, 6.45) is 1.37. The summed E-state index contributed by atoms with van der Waals surface area (Å²) < 4.78 is 4.86. The highest BCUT2D eigenvalue weighted by atomic mass is 16.3. The quantitative estimate of drug-likeness (QED) is 0.657. The summed E-state index contributed by atoms with van der Waals surface area (Å²) in [4.78, 5) is 12.6. The Morgan fingerprint density at radius 1 is 1.43 bits per heavy atom. The molecule has 0 unspecified atom stereocenters. The largest absolute Gasteiger partial charge is 0.459 e. The summed E-state index contributed by atoms with van der Waals surface area (Å²) in [5.74, 6) is -0.311. The normalized spacial score (nSPS) is 8.71. The summed E-state index contributed by atoms with van der Waals surface area (Å²) >= 11 is 0. The Kier molecular flexibility index (Phi) is 3.28. The lowest BCUT2D eigenvalue weighted by molar-refractivity contribution is 0.0763. The number of carbonyl (C=O) groups excluding carboxylic acids is 1. The van der Waals surface area contributed by atoms with Gasteiger partial charge in [-0.3, -0.25) is 4.79 Å². The zero-order valence-corrected chi connectivity index (χ0v) is 7.30. The van der Waals surface area contributed by atoms with Crippen molar-refractivity contribution in [2.75, 3.05) is 13.1 Å². The lowest BCUT2D eigenvalue weighted by Gasteiger charge is -2.13. The fourth-order valence-corrected chi connectivity index (χ4v) is 0.926. The van der Waals surface area contributed by atoms with Gasteiger partial charge in [-0.2, -0.15) is 10.5 Å². The maximum atomic E-state index is 11.5. The molecule has 0 saturated carbocycles. The minimum absolute atomic E-state index is 0.118. The molecule has 0 spiro atoms. The minimum Gasteiger partial charge on any atom is -0.459 e. The Morgan fingerprint density at radius 3 is 2.50 bits per heavy atom. The number of nitrogens with zero attached hydrogens (tertiary/aromatic N) is 3. The molecule has 1 aromatic rings. The van der Waals surface area contributed by atoms with Crippen LogP contribution >= 0.6 is 0 Å². The van der Waals surface area contributed by atoms with Gasteiger partial charge >= 0.3 is 0 Å². The maximum absolute atomic E-state index is 11.5. The standard InChI is InChI=1S/C9H7N3O2/c10-3-5-12(6-4-11)9(13)8-2-1-7-14-8/h1-2,7H,5-6H2. The highest BCUT2D eigenvalue weighted by molar-refractivity contribution is 5.91. The number of hydrogen-bond acceptors (Lipinski definition) is 4. The van der Waals surface area contributed by atoms with Crippen LogP contribution in [-0.2, 0) is 0 Å². The second-order valence-corrected chi connectivity index (χ2v) is 2.45. The smallest absolute Gasteiger partial charge is 0.291 e. The van der Waals surface area contributed by atoms with Crippen LogP contribution in [0.25, 0.3) is 0 Å². The summed E-state index contributed by atoms with van der Waals surface area (Å²) in [6.45, 7) is -0.236. The van der Waals surface area contributed by atoms with Crippen LogP contribution in [0, 0.1) is 22.7 Å². The molecule has 0 bridgehead atoms. The summed E-state index contributed by atoms with van der Waals surface area (Å²) in [5, 5.41) is 16.9. The molecule has 1 rings (SSSR count). The van der Waals surface area contributed by atoms with Crippen LogP contribution in [0.15, 0.2) is 22.8 Å². The number of hydrogen-bond donors (Lipinski definition) is 0. The van der Waals surface area contributed by atoms with E-state index >= 15 is 0 Å². The molecular weight excluding hydrogens is 182 g/mol. The molecule has 5 nitrogen and oxygen atoms in total. The van der Waals surface area contributed by atoms with E-state index < -0.39 is 5.91 Å². The molecule has 14 heavy (non-hydrogen) atoms. The van der Waals surface area contributed by atoms with Gasteiger partial charge < -0.3 is 9.32 Å². The van der Waals surface area contributed by atoms with Gasteiger partial charge in [0.2, 0.25) is 0 Å². The lowest BCUT2D eigenvalue weighted by atomic mass is 10.3. The van der Waals surface area contributed by atoms with Crippen LogP contribution in [0.2, 0.25) is 0 Å². The SMILES string of the molecule is N#CCN(CC#N)C(=O)c1ccco1. The van der Waals surface area contributed by atoms with E-state index in [9.17, 15) is 4.79 Å². The topological polar surface area (TPSA) is 81.0 Å². The van der Waals surface area contributed by atoms with E-state index in [-0.39, 0.29) is 18.8 Å². The van der Waals surface area contributed by atoms with Gasteiger partial charge in [0.15, 0.2) is 5.76 Å². The monoisotopic (exact) mass is 189 g/mol. The summed E-state index contributed by atoms with van der Waals surface area (Å²) in [7, 11) is 0. The predicted octanol–water partition coefficient (Wildman–Crippen LogP) is 0.769. The minimum atomic E-state index is -0.446. The molecule has 0 aromatic carbocycles. The first-order chi connectivity index (χ1) is 6.79. The van der Waals surface area contributed by atoms with Crippen molar-refractivity contribution in [2.24, 2.45) is 0 Å². The van der Waals surface area contributed by atoms with Crippen molar-refractivity contribution in [1.82, 2.24) is 4.90 Å². The summed E-state index contributed by atoms with van der Waals surface area (Å²) in [5.41, 5.74) is 0. The van der Waals surface area contributed by atoms with Gasteiger partial charge in [0.1, 0.15) is 13.1 Å². The van der Waals surface area contributed by atoms with Crippen LogP contribution < -0.4 is 0 Å². The number of carbonyl (C=O) groups is 1. The molecule has 0 radical (unpaired) electrons. The van der Waals surface area contributed by atoms with Gasteiger partial charge in [-0.15, -0.1) is 0 Å². The first kappa shape index (κ1) is 9.82. The Morgan fingerprint density at radius 2 is 2.07 bits per heavy atom. The molecule has 0 aliphatic carbocycles. The molecule has 0 aliphatic heterocycles. The Bertz CT molecular complexity index is 367. The molecular formula is C9H7N3O2.